The molecule has 25 heavy (non-hydrogen) atoms. The molecule has 0 heterocycles. The Kier molecular flexibility index (Phi) is 5.64. The number of carbonyl (C=O) groups excluding carboxylic acids is 1. The molecule has 4 heteroatoms. The number of amides is 1. The molecule has 1 aliphatic rings. The number of para-hydroxylation sites is 1. The van der Waals surface area contributed by atoms with Crippen molar-refractivity contribution in [3.63, 3.8) is 0 Å². The maximum absolute atomic E-state index is 12.3. The molecule has 1 fully saturated rings. The molecule has 0 bridgehead atoms. The van der Waals surface area contributed by atoms with Crippen molar-refractivity contribution in [2.45, 2.75) is 43.9 Å². The molecule has 0 aromatic heterocycles. The predicted molar refractivity (Wildman–Crippen MR) is 101 cm³/mol. The minimum absolute atomic E-state index is 0.0230. The number of rotatable bonds is 6. The molecule has 3 nitrogen and oxygen atoms in total. The van der Waals surface area contributed by atoms with Crippen LogP contribution in [-0.2, 0) is 16.6 Å². The van der Waals surface area contributed by atoms with Gasteiger partial charge >= 0.3 is 0 Å². The second-order valence-corrected chi connectivity index (χ2v) is 7.34. The van der Waals surface area contributed by atoms with Crippen LogP contribution in [0, 0.1) is 0 Å². The quantitative estimate of drug-likeness (QED) is 0.793. The van der Waals surface area contributed by atoms with Gasteiger partial charge in [0.05, 0.1) is 0 Å². The monoisotopic (exact) mass is 357 g/mol. The average molecular weight is 358 g/mol. The normalized spacial score (nSPS) is 15.9. The van der Waals surface area contributed by atoms with Crippen LogP contribution in [0.1, 0.15) is 43.2 Å². The summed E-state index contributed by atoms with van der Waals surface area (Å²) >= 11 is 6.01. The first-order chi connectivity index (χ1) is 12.1. The summed E-state index contributed by atoms with van der Waals surface area (Å²) in [6.45, 7) is 0.661. The summed E-state index contributed by atoms with van der Waals surface area (Å²) in [7, 11) is 0. The summed E-state index contributed by atoms with van der Waals surface area (Å²) in [5.74, 6) is 0.284. The Morgan fingerprint density at radius 3 is 2.44 bits per heavy atom. The molecule has 2 N–H and O–H groups in total. The summed E-state index contributed by atoms with van der Waals surface area (Å²) in [6.07, 6.45) is 5.50. The van der Waals surface area contributed by atoms with Crippen LogP contribution >= 0.6 is 11.6 Å². The number of aryl methyl sites for hydroxylation is 1. The van der Waals surface area contributed by atoms with Gasteiger partial charge in [-0.15, -0.1) is 0 Å². The SMILES string of the molecule is O=C(CCc1ccccc1O)NCC1(c2ccc(Cl)cc2)CCCC1. The van der Waals surface area contributed by atoms with Crippen molar-refractivity contribution in [1.82, 2.24) is 5.32 Å². The standard InChI is InChI=1S/C21H24ClNO2/c22-18-10-8-17(9-11-18)21(13-3-4-14-21)15-23-20(25)12-7-16-5-1-2-6-19(16)24/h1-2,5-6,8-11,24H,3-4,7,12-15H2,(H,23,25). The number of hydrogen-bond donors (Lipinski definition) is 2. The highest BCUT2D eigenvalue weighted by Crippen LogP contribution is 2.41. The molecule has 3 rings (SSSR count). The van der Waals surface area contributed by atoms with E-state index in [2.05, 4.69) is 17.4 Å². The van der Waals surface area contributed by atoms with Gasteiger partial charge in [-0.3, -0.25) is 4.79 Å². The summed E-state index contributed by atoms with van der Waals surface area (Å²) in [5.41, 5.74) is 2.09. The Morgan fingerprint density at radius 1 is 1.08 bits per heavy atom. The fourth-order valence-corrected chi connectivity index (χ4v) is 3.88. The number of benzene rings is 2. The van der Waals surface area contributed by atoms with Crippen LogP contribution in [-0.4, -0.2) is 17.6 Å². The molecule has 2 aromatic carbocycles. The maximum atomic E-state index is 12.3. The van der Waals surface area contributed by atoms with Gasteiger partial charge in [0.15, 0.2) is 0 Å². The zero-order valence-electron chi connectivity index (χ0n) is 14.3. The second-order valence-electron chi connectivity index (χ2n) is 6.90. The lowest BCUT2D eigenvalue weighted by Crippen LogP contribution is -2.39. The van der Waals surface area contributed by atoms with Gasteiger partial charge in [0, 0.05) is 23.4 Å². The molecule has 0 saturated heterocycles. The zero-order chi connectivity index (χ0) is 17.7. The number of nitrogens with one attached hydrogen (secondary N) is 1. The molecular formula is C21H24ClNO2. The Labute approximate surface area is 154 Å². The molecule has 132 valence electrons. The van der Waals surface area contributed by atoms with Crippen LogP contribution in [0.5, 0.6) is 5.75 Å². The maximum Gasteiger partial charge on any atom is 0.220 e. The Balaban J connectivity index is 1.59. The summed E-state index contributed by atoms with van der Waals surface area (Å²) in [6, 6.07) is 15.2. The average Bonchev–Trinajstić information content (AvgIpc) is 3.10. The first-order valence-corrected chi connectivity index (χ1v) is 9.26. The predicted octanol–water partition coefficient (Wildman–Crippen LogP) is 4.61. The lowest BCUT2D eigenvalue weighted by atomic mass is 9.79. The van der Waals surface area contributed by atoms with Gasteiger partial charge in [-0.25, -0.2) is 0 Å². The summed E-state index contributed by atoms with van der Waals surface area (Å²) < 4.78 is 0. The van der Waals surface area contributed by atoms with E-state index in [-0.39, 0.29) is 17.1 Å². The number of aromatic hydroxyl groups is 1. The summed E-state index contributed by atoms with van der Waals surface area (Å²) in [4.78, 5) is 12.3. The van der Waals surface area contributed by atoms with Crippen molar-refractivity contribution in [2.24, 2.45) is 0 Å². The molecule has 1 saturated carbocycles. The van der Waals surface area contributed by atoms with Crippen molar-refractivity contribution in [3.8, 4) is 5.75 Å². The van der Waals surface area contributed by atoms with Crippen LogP contribution < -0.4 is 5.32 Å². The fraction of sp³-hybridized carbons (Fsp3) is 0.381. The van der Waals surface area contributed by atoms with Crippen LogP contribution in [0.3, 0.4) is 0 Å². The third-order valence-electron chi connectivity index (χ3n) is 5.25. The highest BCUT2D eigenvalue weighted by molar-refractivity contribution is 6.30. The van der Waals surface area contributed by atoms with E-state index < -0.39 is 0 Å². The fourth-order valence-electron chi connectivity index (χ4n) is 3.75. The largest absolute Gasteiger partial charge is 0.508 e. The number of carbonyl (C=O) groups is 1. The van der Waals surface area contributed by atoms with Crippen LogP contribution in [0.15, 0.2) is 48.5 Å². The Bertz CT molecular complexity index is 721. The van der Waals surface area contributed by atoms with E-state index in [0.29, 0.717) is 19.4 Å². The molecule has 2 aromatic rings. The van der Waals surface area contributed by atoms with Gasteiger partial charge in [0.25, 0.3) is 0 Å². The molecule has 0 spiro atoms. The van der Waals surface area contributed by atoms with Gasteiger partial charge in [-0.2, -0.15) is 0 Å². The van der Waals surface area contributed by atoms with Crippen LogP contribution in [0.4, 0.5) is 0 Å². The molecule has 1 amide bonds. The van der Waals surface area contributed by atoms with E-state index in [0.717, 1.165) is 23.4 Å². The Hall–Kier alpha value is -2.00. The van der Waals surface area contributed by atoms with Gasteiger partial charge < -0.3 is 10.4 Å². The number of phenols is 1. The second kappa shape index (κ2) is 7.92. The van der Waals surface area contributed by atoms with Crippen molar-refractivity contribution < 1.29 is 9.90 Å². The lowest BCUT2D eigenvalue weighted by molar-refractivity contribution is -0.121. The molecule has 0 atom stereocenters. The lowest BCUT2D eigenvalue weighted by Gasteiger charge is -2.30. The van der Waals surface area contributed by atoms with Crippen molar-refractivity contribution in [1.29, 1.82) is 0 Å². The van der Waals surface area contributed by atoms with E-state index in [1.807, 2.05) is 24.3 Å². The third kappa shape index (κ3) is 4.35. The topological polar surface area (TPSA) is 49.3 Å². The minimum Gasteiger partial charge on any atom is -0.508 e. The van der Waals surface area contributed by atoms with Gasteiger partial charge in [-0.1, -0.05) is 54.8 Å². The van der Waals surface area contributed by atoms with Crippen LogP contribution in [0.25, 0.3) is 0 Å². The molecule has 0 aliphatic heterocycles. The van der Waals surface area contributed by atoms with Crippen molar-refractivity contribution in [3.05, 3.63) is 64.7 Å². The number of halogens is 1. The zero-order valence-corrected chi connectivity index (χ0v) is 15.1. The number of hydrogen-bond acceptors (Lipinski definition) is 2. The van der Waals surface area contributed by atoms with Gasteiger partial charge in [0.2, 0.25) is 5.91 Å². The minimum atomic E-state index is 0.0230. The van der Waals surface area contributed by atoms with E-state index in [4.69, 9.17) is 11.6 Å². The van der Waals surface area contributed by atoms with Crippen molar-refractivity contribution in [2.75, 3.05) is 6.54 Å². The Morgan fingerprint density at radius 2 is 1.76 bits per heavy atom. The van der Waals surface area contributed by atoms with E-state index in [9.17, 15) is 9.90 Å². The first-order valence-electron chi connectivity index (χ1n) is 8.89. The van der Waals surface area contributed by atoms with Crippen LogP contribution in [0.2, 0.25) is 5.02 Å². The van der Waals surface area contributed by atoms with Gasteiger partial charge in [-0.05, 0) is 48.6 Å². The van der Waals surface area contributed by atoms with Crippen molar-refractivity contribution >= 4 is 17.5 Å². The molecule has 0 unspecified atom stereocenters. The smallest absolute Gasteiger partial charge is 0.220 e. The third-order valence-corrected chi connectivity index (χ3v) is 5.51. The highest BCUT2D eigenvalue weighted by atomic mass is 35.5. The molecule has 1 aliphatic carbocycles. The molecule has 0 radical (unpaired) electrons. The molecular weight excluding hydrogens is 334 g/mol. The van der Waals surface area contributed by atoms with E-state index in [1.54, 1.807) is 12.1 Å². The number of phenolic OH excluding ortho intramolecular Hbond substituents is 1. The van der Waals surface area contributed by atoms with E-state index >= 15 is 0 Å². The highest BCUT2D eigenvalue weighted by Gasteiger charge is 2.35. The summed E-state index contributed by atoms with van der Waals surface area (Å²) in [5, 5.41) is 13.6. The first kappa shape index (κ1) is 17.8. The van der Waals surface area contributed by atoms with Gasteiger partial charge in [0.1, 0.15) is 5.75 Å². The van der Waals surface area contributed by atoms with E-state index in [1.165, 1.54) is 18.4 Å².